The summed E-state index contributed by atoms with van der Waals surface area (Å²) in [6.07, 6.45) is 5.75. The second-order valence-corrected chi connectivity index (χ2v) is 5.51. The first-order valence-corrected chi connectivity index (χ1v) is 7.40. The number of carbonyl (C=O) groups is 1. The van der Waals surface area contributed by atoms with E-state index in [1.807, 2.05) is 19.1 Å². The Morgan fingerprint density at radius 1 is 1.21 bits per heavy atom. The minimum absolute atomic E-state index is 0.267. The van der Waals surface area contributed by atoms with Crippen molar-refractivity contribution in [1.82, 2.24) is 0 Å². The van der Waals surface area contributed by atoms with E-state index in [4.69, 9.17) is 4.74 Å². The molecule has 0 N–H and O–H groups in total. The van der Waals surface area contributed by atoms with E-state index in [0.29, 0.717) is 13.0 Å². The number of ketones is 1. The fourth-order valence-electron chi connectivity index (χ4n) is 3.05. The smallest absolute Gasteiger partial charge is 0.168 e. The molecular weight excluding hydrogens is 236 g/mol. The van der Waals surface area contributed by atoms with Crippen LogP contribution >= 0.6 is 0 Å². The number of carbonyl (C=O) groups excluding carboxylic acids is 1. The SMILES string of the molecule is CCOC1(C(=O)Cc2ccccc2C)CCCCC1. The largest absolute Gasteiger partial charge is 0.367 e. The third-order valence-corrected chi connectivity index (χ3v) is 4.20. The molecule has 1 aliphatic carbocycles. The number of benzene rings is 1. The van der Waals surface area contributed by atoms with Crippen molar-refractivity contribution in [2.75, 3.05) is 6.61 Å². The summed E-state index contributed by atoms with van der Waals surface area (Å²) in [4.78, 5) is 12.7. The normalized spacial score (nSPS) is 18.2. The van der Waals surface area contributed by atoms with Gasteiger partial charge in [0.05, 0.1) is 0 Å². The summed E-state index contributed by atoms with van der Waals surface area (Å²) in [5.74, 6) is 0.267. The summed E-state index contributed by atoms with van der Waals surface area (Å²) in [7, 11) is 0. The van der Waals surface area contributed by atoms with Crippen LogP contribution in [0.4, 0.5) is 0 Å². The zero-order valence-corrected chi connectivity index (χ0v) is 12.1. The Morgan fingerprint density at radius 3 is 2.53 bits per heavy atom. The highest BCUT2D eigenvalue weighted by atomic mass is 16.5. The highest BCUT2D eigenvalue weighted by Gasteiger charge is 2.39. The summed E-state index contributed by atoms with van der Waals surface area (Å²) in [5.41, 5.74) is 1.82. The van der Waals surface area contributed by atoms with Crippen molar-refractivity contribution in [1.29, 1.82) is 0 Å². The van der Waals surface area contributed by atoms with Crippen LogP contribution in [0.3, 0.4) is 0 Å². The average Bonchev–Trinajstić information content (AvgIpc) is 2.42. The Bertz CT molecular complexity index is 425. The van der Waals surface area contributed by atoms with Gasteiger partial charge in [-0.2, -0.15) is 0 Å². The van der Waals surface area contributed by atoms with Gasteiger partial charge in [-0.3, -0.25) is 4.79 Å². The zero-order chi connectivity index (χ0) is 13.7. The third kappa shape index (κ3) is 3.24. The molecule has 0 saturated heterocycles. The Kier molecular flexibility index (Phi) is 4.76. The van der Waals surface area contributed by atoms with Crippen molar-refractivity contribution >= 4 is 5.78 Å². The van der Waals surface area contributed by atoms with Gasteiger partial charge in [-0.05, 0) is 37.8 Å². The van der Waals surface area contributed by atoms with E-state index in [9.17, 15) is 4.79 Å². The molecular formula is C17H24O2. The van der Waals surface area contributed by atoms with Crippen molar-refractivity contribution in [3.63, 3.8) is 0 Å². The molecule has 1 aliphatic rings. The van der Waals surface area contributed by atoms with E-state index in [1.54, 1.807) is 0 Å². The molecule has 1 aromatic rings. The van der Waals surface area contributed by atoms with Gasteiger partial charge in [0.25, 0.3) is 0 Å². The fourth-order valence-corrected chi connectivity index (χ4v) is 3.05. The number of Topliss-reactive ketones (excluding diaryl/α,β-unsaturated/α-hetero) is 1. The molecule has 0 heterocycles. The molecule has 0 radical (unpaired) electrons. The standard InChI is InChI=1S/C17H24O2/c1-3-19-17(11-7-4-8-12-17)16(18)13-15-10-6-5-9-14(15)2/h5-6,9-10H,3-4,7-8,11-13H2,1-2H3. The van der Waals surface area contributed by atoms with Crippen LogP contribution in [-0.2, 0) is 16.0 Å². The first kappa shape index (κ1) is 14.3. The van der Waals surface area contributed by atoms with Crippen LogP contribution < -0.4 is 0 Å². The lowest BCUT2D eigenvalue weighted by molar-refractivity contribution is -0.148. The van der Waals surface area contributed by atoms with Gasteiger partial charge < -0.3 is 4.74 Å². The predicted octanol–water partition coefficient (Wildman–Crippen LogP) is 3.85. The summed E-state index contributed by atoms with van der Waals surface area (Å²) in [6.45, 7) is 4.67. The van der Waals surface area contributed by atoms with Crippen molar-refractivity contribution in [3.8, 4) is 0 Å². The van der Waals surface area contributed by atoms with Crippen LogP contribution in [0.1, 0.15) is 50.2 Å². The van der Waals surface area contributed by atoms with Crippen molar-refractivity contribution in [2.24, 2.45) is 0 Å². The molecule has 104 valence electrons. The number of aryl methyl sites for hydroxylation is 1. The number of hydrogen-bond donors (Lipinski definition) is 0. The first-order chi connectivity index (χ1) is 9.18. The van der Waals surface area contributed by atoms with Gasteiger partial charge in [-0.15, -0.1) is 0 Å². The molecule has 2 nitrogen and oxygen atoms in total. The lowest BCUT2D eigenvalue weighted by atomic mass is 9.79. The van der Waals surface area contributed by atoms with Crippen LogP contribution in [0, 0.1) is 6.92 Å². The maximum atomic E-state index is 12.7. The number of rotatable bonds is 5. The number of ether oxygens (including phenoxy) is 1. The molecule has 0 spiro atoms. The zero-order valence-electron chi connectivity index (χ0n) is 12.1. The summed E-state index contributed by atoms with van der Waals surface area (Å²) in [5, 5.41) is 0. The Morgan fingerprint density at radius 2 is 1.89 bits per heavy atom. The molecule has 0 bridgehead atoms. The van der Waals surface area contributed by atoms with Gasteiger partial charge >= 0.3 is 0 Å². The number of hydrogen-bond acceptors (Lipinski definition) is 2. The van der Waals surface area contributed by atoms with Crippen LogP contribution in [0.5, 0.6) is 0 Å². The van der Waals surface area contributed by atoms with Gasteiger partial charge in [-0.25, -0.2) is 0 Å². The Hall–Kier alpha value is -1.15. The highest BCUT2D eigenvalue weighted by molar-refractivity contribution is 5.89. The summed E-state index contributed by atoms with van der Waals surface area (Å²) >= 11 is 0. The van der Waals surface area contributed by atoms with E-state index < -0.39 is 5.60 Å². The summed E-state index contributed by atoms with van der Waals surface area (Å²) in [6, 6.07) is 8.14. The minimum atomic E-state index is -0.505. The monoisotopic (exact) mass is 260 g/mol. The maximum absolute atomic E-state index is 12.7. The van der Waals surface area contributed by atoms with E-state index >= 15 is 0 Å². The van der Waals surface area contributed by atoms with Crippen LogP contribution in [0.15, 0.2) is 24.3 Å². The van der Waals surface area contributed by atoms with E-state index in [2.05, 4.69) is 19.1 Å². The molecule has 0 amide bonds. The molecule has 2 rings (SSSR count). The molecule has 0 atom stereocenters. The Labute approximate surface area is 116 Å². The molecule has 2 heteroatoms. The molecule has 1 aromatic carbocycles. The van der Waals surface area contributed by atoms with E-state index in [-0.39, 0.29) is 5.78 Å². The van der Waals surface area contributed by atoms with Crippen LogP contribution in [0.25, 0.3) is 0 Å². The fraction of sp³-hybridized carbons (Fsp3) is 0.588. The average molecular weight is 260 g/mol. The predicted molar refractivity (Wildman–Crippen MR) is 77.3 cm³/mol. The quantitative estimate of drug-likeness (QED) is 0.804. The van der Waals surface area contributed by atoms with Crippen molar-refractivity contribution in [3.05, 3.63) is 35.4 Å². The molecule has 0 aromatic heterocycles. The van der Waals surface area contributed by atoms with E-state index in [1.165, 1.54) is 12.0 Å². The van der Waals surface area contributed by atoms with Gasteiger partial charge in [0, 0.05) is 13.0 Å². The Balaban J connectivity index is 2.14. The molecule has 0 unspecified atom stereocenters. The second kappa shape index (κ2) is 6.33. The highest BCUT2D eigenvalue weighted by Crippen LogP contribution is 2.33. The van der Waals surface area contributed by atoms with E-state index in [0.717, 1.165) is 31.2 Å². The van der Waals surface area contributed by atoms with Crippen molar-refractivity contribution in [2.45, 2.75) is 58.0 Å². The van der Waals surface area contributed by atoms with Crippen LogP contribution in [0.2, 0.25) is 0 Å². The molecule has 0 aliphatic heterocycles. The van der Waals surface area contributed by atoms with Crippen molar-refractivity contribution < 1.29 is 9.53 Å². The molecule has 1 fully saturated rings. The lowest BCUT2D eigenvalue weighted by Gasteiger charge is -2.35. The third-order valence-electron chi connectivity index (χ3n) is 4.20. The topological polar surface area (TPSA) is 26.3 Å². The minimum Gasteiger partial charge on any atom is -0.367 e. The van der Waals surface area contributed by atoms with Gasteiger partial charge in [0.1, 0.15) is 5.60 Å². The maximum Gasteiger partial charge on any atom is 0.168 e. The molecule has 19 heavy (non-hydrogen) atoms. The second-order valence-electron chi connectivity index (χ2n) is 5.51. The molecule has 1 saturated carbocycles. The summed E-state index contributed by atoms with van der Waals surface area (Å²) < 4.78 is 5.89. The first-order valence-electron chi connectivity index (χ1n) is 7.40. The van der Waals surface area contributed by atoms with Gasteiger partial charge in [0.2, 0.25) is 0 Å². The lowest BCUT2D eigenvalue weighted by Crippen LogP contribution is -2.44. The van der Waals surface area contributed by atoms with Gasteiger partial charge in [-0.1, -0.05) is 43.5 Å². The van der Waals surface area contributed by atoms with Crippen LogP contribution in [-0.4, -0.2) is 18.0 Å². The van der Waals surface area contributed by atoms with Gasteiger partial charge in [0.15, 0.2) is 5.78 Å².